The lowest BCUT2D eigenvalue weighted by atomic mass is 9.79. The molecule has 0 radical (unpaired) electrons. The quantitative estimate of drug-likeness (QED) is 0.804. The Hall–Kier alpha value is -1.31. The molecule has 0 fully saturated rings. The topological polar surface area (TPSA) is 37.3 Å². The number of benzene rings is 1. The van der Waals surface area contributed by atoms with Crippen LogP contribution < -0.4 is 0 Å². The third kappa shape index (κ3) is 1.76. The highest BCUT2D eigenvalue weighted by Crippen LogP contribution is 2.33. The Morgan fingerprint density at radius 3 is 1.82 bits per heavy atom. The standard InChI is InChI=1S/C15H18O2/c16-15(17)14-12-7-3-1-5-10(12)9-11-6-2-4-8-13(11)14/h9H,1-8H2,(H,16,17). The molecule has 2 nitrogen and oxygen atoms in total. The van der Waals surface area contributed by atoms with Crippen molar-refractivity contribution in [1.82, 2.24) is 0 Å². The molecule has 0 heterocycles. The monoisotopic (exact) mass is 230 g/mol. The molecule has 2 heteroatoms. The summed E-state index contributed by atoms with van der Waals surface area (Å²) < 4.78 is 0. The first-order valence-corrected chi connectivity index (χ1v) is 6.67. The molecule has 0 atom stereocenters. The van der Waals surface area contributed by atoms with Crippen molar-refractivity contribution in [1.29, 1.82) is 0 Å². The van der Waals surface area contributed by atoms with Gasteiger partial charge in [0.2, 0.25) is 0 Å². The number of aryl methyl sites for hydroxylation is 2. The fraction of sp³-hybridized carbons (Fsp3) is 0.533. The fourth-order valence-electron chi connectivity index (χ4n) is 3.40. The minimum Gasteiger partial charge on any atom is -0.478 e. The van der Waals surface area contributed by atoms with Crippen molar-refractivity contribution in [3.05, 3.63) is 33.9 Å². The van der Waals surface area contributed by atoms with Gasteiger partial charge in [-0.3, -0.25) is 0 Å². The van der Waals surface area contributed by atoms with Gasteiger partial charge in [0.25, 0.3) is 0 Å². The van der Waals surface area contributed by atoms with Crippen LogP contribution in [0, 0.1) is 0 Å². The number of carboxylic acids is 1. The highest BCUT2D eigenvalue weighted by Gasteiger charge is 2.25. The first-order chi connectivity index (χ1) is 8.27. The summed E-state index contributed by atoms with van der Waals surface area (Å²) in [5.41, 5.74) is 5.58. The second kappa shape index (κ2) is 4.17. The first-order valence-electron chi connectivity index (χ1n) is 6.67. The number of carboxylic acid groups (broad SMARTS) is 1. The molecule has 0 bridgehead atoms. The molecule has 90 valence electrons. The van der Waals surface area contributed by atoms with E-state index >= 15 is 0 Å². The lowest BCUT2D eigenvalue weighted by molar-refractivity contribution is 0.0693. The van der Waals surface area contributed by atoms with E-state index in [0.29, 0.717) is 5.56 Å². The second-order valence-corrected chi connectivity index (χ2v) is 5.25. The first kappa shape index (κ1) is 10.8. The molecule has 2 aliphatic rings. The van der Waals surface area contributed by atoms with Gasteiger partial charge in [0.05, 0.1) is 5.56 Å². The van der Waals surface area contributed by atoms with E-state index in [1.165, 1.54) is 24.0 Å². The summed E-state index contributed by atoms with van der Waals surface area (Å²) in [5, 5.41) is 9.50. The third-order valence-corrected chi connectivity index (χ3v) is 4.19. The van der Waals surface area contributed by atoms with Gasteiger partial charge >= 0.3 is 5.97 Å². The van der Waals surface area contributed by atoms with Crippen LogP contribution in [0.2, 0.25) is 0 Å². The number of carbonyl (C=O) groups is 1. The van der Waals surface area contributed by atoms with E-state index in [0.717, 1.165) is 49.7 Å². The van der Waals surface area contributed by atoms with Crippen LogP contribution in [0.15, 0.2) is 6.07 Å². The summed E-state index contributed by atoms with van der Waals surface area (Å²) in [6, 6.07) is 2.30. The Bertz CT molecular complexity index is 440. The van der Waals surface area contributed by atoms with Crippen molar-refractivity contribution in [3.8, 4) is 0 Å². The molecule has 0 aromatic heterocycles. The van der Waals surface area contributed by atoms with Crippen molar-refractivity contribution in [3.63, 3.8) is 0 Å². The molecule has 3 rings (SSSR count). The Morgan fingerprint density at radius 1 is 0.882 bits per heavy atom. The summed E-state index contributed by atoms with van der Waals surface area (Å²) in [5.74, 6) is -0.707. The Kier molecular flexibility index (Phi) is 2.65. The van der Waals surface area contributed by atoms with Crippen molar-refractivity contribution >= 4 is 5.97 Å². The van der Waals surface area contributed by atoms with Gasteiger partial charge in [0.15, 0.2) is 0 Å². The minimum atomic E-state index is -0.707. The van der Waals surface area contributed by atoms with E-state index in [4.69, 9.17) is 0 Å². The molecule has 1 N–H and O–H groups in total. The van der Waals surface area contributed by atoms with Gasteiger partial charge in [0.1, 0.15) is 0 Å². The van der Waals surface area contributed by atoms with Gasteiger partial charge < -0.3 is 5.11 Å². The van der Waals surface area contributed by atoms with Crippen LogP contribution in [0.5, 0.6) is 0 Å². The number of rotatable bonds is 1. The highest BCUT2D eigenvalue weighted by atomic mass is 16.4. The highest BCUT2D eigenvalue weighted by molar-refractivity contribution is 5.92. The van der Waals surface area contributed by atoms with E-state index in [9.17, 15) is 9.90 Å². The predicted octanol–water partition coefficient (Wildman–Crippen LogP) is 3.14. The molecule has 0 saturated heterocycles. The van der Waals surface area contributed by atoms with Crippen molar-refractivity contribution < 1.29 is 9.90 Å². The van der Waals surface area contributed by atoms with E-state index in [-0.39, 0.29) is 0 Å². The zero-order valence-corrected chi connectivity index (χ0v) is 10.1. The smallest absolute Gasteiger partial charge is 0.336 e. The molecule has 0 aliphatic heterocycles. The van der Waals surface area contributed by atoms with Gasteiger partial charge in [-0.05, 0) is 73.6 Å². The van der Waals surface area contributed by atoms with Crippen LogP contribution in [0.1, 0.15) is 58.3 Å². The van der Waals surface area contributed by atoms with Crippen LogP contribution in [0.3, 0.4) is 0 Å². The SMILES string of the molecule is O=C(O)c1c2c(cc3c1CCCC3)CCCC2. The van der Waals surface area contributed by atoms with Crippen LogP contribution >= 0.6 is 0 Å². The molecular formula is C15H18O2. The predicted molar refractivity (Wildman–Crippen MR) is 66.7 cm³/mol. The lowest BCUT2D eigenvalue weighted by Gasteiger charge is -2.25. The maximum absolute atomic E-state index is 11.5. The van der Waals surface area contributed by atoms with E-state index < -0.39 is 5.97 Å². The number of hydrogen-bond acceptors (Lipinski definition) is 1. The largest absolute Gasteiger partial charge is 0.478 e. The average Bonchev–Trinajstić information content (AvgIpc) is 2.35. The molecule has 17 heavy (non-hydrogen) atoms. The number of aromatic carboxylic acids is 1. The second-order valence-electron chi connectivity index (χ2n) is 5.25. The van der Waals surface area contributed by atoms with Gasteiger partial charge in [-0.15, -0.1) is 0 Å². The van der Waals surface area contributed by atoms with E-state index in [2.05, 4.69) is 6.07 Å². The zero-order valence-electron chi connectivity index (χ0n) is 10.1. The molecular weight excluding hydrogens is 212 g/mol. The van der Waals surface area contributed by atoms with Crippen molar-refractivity contribution in [2.45, 2.75) is 51.4 Å². The Labute approximate surface area is 102 Å². The summed E-state index contributed by atoms with van der Waals surface area (Å²) in [4.78, 5) is 11.5. The number of fused-ring (bicyclic) bond motifs is 2. The summed E-state index contributed by atoms with van der Waals surface area (Å²) in [6.07, 6.45) is 8.79. The van der Waals surface area contributed by atoms with Crippen LogP contribution in [-0.2, 0) is 25.7 Å². The third-order valence-electron chi connectivity index (χ3n) is 4.19. The van der Waals surface area contributed by atoms with Gasteiger partial charge in [-0.2, -0.15) is 0 Å². The normalized spacial score (nSPS) is 18.4. The van der Waals surface area contributed by atoms with Crippen molar-refractivity contribution in [2.24, 2.45) is 0 Å². The van der Waals surface area contributed by atoms with E-state index in [1.54, 1.807) is 0 Å². The van der Waals surface area contributed by atoms with Gasteiger partial charge in [-0.25, -0.2) is 4.79 Å². The summed E-state index contributed by atoms with van der Waals surface area (Å²) in [6.45, 7) is 0. The zero-order chi connectivity index (χ0) is 11.8. The molecule has 0 saturated carbocycles. The van der Waals surface area contributed by atoms with Crippen molar-refractivity contribution in [2.75, 3.05) is 0 Å². The summed E-state index contributed by atoms with van der Waals surface area (Å²) >= 11 is 0. The van der Waals surface area contributed by atoms with Crippen LogP contribution in [-0.4, -0.2) is 11.1 Å². The summed E-state index contributed by atoms with van der Waals surface area (Å²) in [7, 11) is 0. The fourth-order valence-corrected chi connectivity index (χ4v) is 3.40. The maximum Gasteiger partial charge on any atom is 0.336 e. The van der Waals surface area contributed by atoms with E-state index in [1.807, 2.05) is 0 Å². The molecule has 1 aromatic carbocycles. The molecule has 1 aromatic rings. The molecule has 2 aliphatic carbocycles. The molecule has 0 unspecified atom stereocenters. The number of hydrogen-bond donors (Lipinski definition) is 1. The van der Waals surface area contributed by atoms with Gasteiger partial charge in [-0.1, -0.05) is 6.07 Å². The Morgan fingerprint density at radius 2 is 1.35 bits per heavy atom. The van der Waals surface area contributed by atoms with Crippen LogP contribution in [0.25, 0.3) is 0 Å². The lowest BCUT2D eigenvalue weighted by Crippen LogP contribution is -2.17. The Balaban J connectivity index is 2.23. The molecule has 0 amide bonds. The molecule has 0 spiro atoms. The minimum absolute atomic E-state index is 0.664. The maximum atomic E-state index is 11.5. The average molecular weight is 230 g/mol. The van der Waals surface area contributed by atoms with Crippen LogP contribution in [0.4, 0.5) is 0 Å². The van der Waals surface area contributed by atoms with Gasteiger partial charge in [0, 0.05) is 0 Å².